The van der Waals surface area contributed by atoms with E-state index in [9.17, 15) is 18.0 Å². The van der Waals surface area contributed by atoms with Gasteiger partial charge in [-0.3, -0.25) is 4.79 Å². The van der Waals surface area contributed by atoms with E-state index in [-0.39, 0.29) is 24.0 Å². The highest BCUT2D eigenvalue weighted by Crippen LogP contribution is 2.30. The van der Waals surface area contributed by atoms with E-state index < -0.39 is 17.3 Å². The molecule has 6 nitrogen and oxygen atoms in total. The van der Waals surface area contributed by atoms with E-state index in [4.69, 9.17) is 4.74 Å². The topological polar surface area (TPSA) is 68.2 Å². The van der Waals surface area contributed by atoms with Gasteiger partial charge in [0, 0.05) is 7.11 Å². The number of halogens is 4. The molecule has 27 heavy (non-hydrogen) atoms. The van der Waals surface area contributed by atoms with Gasteiger partial charge in [-0.1, -0.05) is 6.07 Å². The van der Waals surface area contributed by atoms with Gasteiger partial charge in [-0.2, -0.15) is 18.3 Å². The van der Waals surface area contributed by atoms with Crippen LogP contribution in [0.4, 0.5) is 18.9 Å². The number of nitrogens with zero attached hydrogens (tertiary/aromatic N) is 2. The SMILES string of the molecule is COC1(C(=O)Nc2cnn(-c3cccc(C(F)(F)F)c3)c2)CCNCC1.Cl. The highest BCUT2D eigenvalue weighted by molar-refractivity contribution is 5.97. The van der Waals surface area contributed by atoms with Crippen LogP contribution in [0.3, 0.4) is 0 Å². The van der Waals surface area contributed by atoms with Crippen molar-refractivity contribution in [2.24, 2.45) is 0 Å². The molecule has 0 spiro atoms. The molecule has 1 saturated heterocycles. The molecule has 0 bridgehead atoms. The van der Waals surface area contributed by atoms with Crippen molar-refractivity contribution in [2.45, 2.75) is 24.6 Å². The number of nitrogens with one attached hydrogen (secondary N) is 2. The molecule has 1 aromatic carbocycles. The molecule has 0 aliphatic carbocycles. The lowest BCUT2D eigenvalue weighted by molar-refractivity contribution is -0.140. The zero-order chi connectivity index (χ0) is 18.8. The summed E-state index contributed by atoms with van der Waals surface area (Å²) < 4.78 is 45.3. The van der Waals surface area contributed by atoms with Gasteiger partial charge in [0.25, 0.3) is 5.91 Å². The summed E-state index contributed by atoms with van der Waals surface area (Å²) in [7, 11) is 1.50. The Morgan fingerprint density at radius 2 is 2.04 bits per heavy atom. The van der Waals surface area contributed by atoms with Crippen LogP contribution in [0, 0.1) is 0 Å². The highest BCUT2D eigenvalue weighted by atomic mass is 35.5. The van der Waals surface area contributed by atoms with E-state index in [0.717, 1.165) is 12.1 Å². The Labute approximate surface area is 160 Å². The van der Waals surface area contributed by atoms with Crippen LogP contribution in [-0.2, 0) is 15.7 Å². The third-order valence-electron chi connectivity index (χ3n) is 4.49. The fourth-order valence-corrected chi connectivity index (χ4v) is 2.95. The van der Waals surface area contributed by atoms with Gasteiger partial charge >= 0.3 is 6.18 Å². The van der Waals surface area contributed by atoms with Crippen LogP contribution in [0.2, 0.25) is 0 Å². The summed E-state index contributed by atoms with van der Waals surface area (Å²) >= 11 is 0. The second-order valence-electron chi connectivity index (χ2n) is 6.12. The van der Waals surface area contributed by atoms with Gasteiger partial charge in [0.2, 0.25) is 0 Å². The number of benzene rings is 1. The molecular weight excluding hydrogens is 385 g/mol. The molecule has 1 aromatic heterocycles. The summed E-state index contributed by atoms with van der Waals surface area (Å²) in [4.78, 5) is 12.6. The first-order chi connectivity index (χ1) is 12.3. The summed E-state index contributed by atoms with van der Waals surface area (Å²) in [5.74, 6) is -0.287. The summed E-state index contributed by atoms with van der Waals surface area (Å²) in [5.41, 5.74) is -1.03. The summed E-state index contributed by atoms with van der Waals surface area (Å²) in [6.45, 7) is 1.34. The van der Waals surface area contributed by atoms with E-state index in [1.54, 1.807) is 0 Å². The number of rotatable bonds is 4. The number of hydrogen-bond donors (Lipinski definition) is 2. The number of amides is 1. The monoisotopic (exact) mass is 404 g/mol. The van der Waals surface area contributed by atoms with Crippen LogP contribution in [-0.4, -0.2) is 41.5 Å². The third-order valence-corrected chi connectivity index (χ3v) is 4.49. The summed E-state index contributed by atoms with van der Waals surface area (Å²) in [5, 5.41) is 9.95. The quantitative estimate of drug-likeness (QED) is 0.822. The Morgan fingerprint density at radius 1 is 1.33 bits per heavy atom. The first-order valence-corrected chi connectivity index (χ1v) is 8.14. The van der Waals surface area contributed by atoms with Crippen molar-refractivity contribution < 1.29 is 22.7 Å². The maximum Gasteiger partial charge on any atom is 0.416 e. The minimum atomic E-state index is -4.43. The van der Waals surface area contributed by atoms with E-state index >= 15 is 0 Å². The Kier molecular flexibility index (Phi) is 6.50. The zero-order valence-electron chi connectivity index (χ0n) is 14.5. The van der Waals surface area contributed by atoms with E-state index in [1.165, 1.54) is 36.3 Å². The molecular formula is C17H20ClF3N4O2. The summed E-state index contributed by atoms with van der Waals surface area (Å²) in [6, 6.07) is 4.82. The number of anilines is 1. The Hall–Kier alpha value is -2.10. The molecule has 1 aliphatic heterocycles. The van der Waals surface area contributed by atoms with Crippen LogP contribution in [0.1, 0.15) is 18.4 Å². The maximum atomic E-state index is 12.8. The van der Waals surface area contributed by atoms with Crippen molar-refractivity contribution in [3.05, 3.63) is 42.2 Å². The van der Waals surface area contributed by atoms with Crippen molar-refractivity contribution in [2.75, 3.05) is 25.5 Å². The molecule has 0 atom stereocenters. The number of carbonyl (C=O) groups is 1. The minimum Gasteiger partial charge on any atom is -0.368 e. The molecule has 10 heteroatoms. The first-order valence-electron chi connectivity index (χ1n) is 8.14. The lowest BCUT2D eigenvalue weighted by Crippen LogP contribution is -2.51. The van der Waals surface area contributed by atoms with Gasteiger partial charge in [-0.05, 0) is 44.1 Å². The molecule has 0 radical (unpaired) electrons. The molecule has 0 saturated carbocycles. The number of hydrogen-bond acceptors (Lipinski definition) is 4. The second kappa shape index (κ2) is 8.28. The van der Waals surface area contributed by atoms with Gasteiger partial charge in [0.05, 0.1) is 29.3 Å². The standard InChI is InChI=1S/C17H19F3N4O2.ClH/c1-26-16(5-7-21-8-6-16)15(25)23-13-10-22-24(11-13)14-4-2-3-12(9-14)17(18,19)20;/h2-4,9-11,21H,5-8H2,1H3,(H,23,25);1H. The van der Waals surface area contributed by atoms with E-state index in [0.29, 0.717) is 31.6 Å². The molecule has 1 amide bonds. The van der Waals surface area contributed by atoms with Gasteiger partial charge < -0.3 is 15.4 Å². The van der Waals surface area contributed by atoms with Crippen LogP contribution in [0.15, 0.2) is 36.7 Å². The van der Waals surface area contributed by atoms with Gasteiger partial charge in [-0.25, -0.2) is 4.68 Å². The van der Waals surface area contributed by atoms with Gasteiger partial charge in [0.1, 0.15) is 5.60 Å². The normalized spacial score (nSPS) is 16.4. The fraction of sp³-hybridized carbons (Fsp3) is 0.412. The number of ether oxygens (including phenoxy) is 1. The zero-order valence-corrected chi connectivity index (χ0v) is 15.4. The Morgan fingerprint density at radius 3 is 2.67 bits per heavy atom. The first kappa shape index (κ1) is 21.2. The lowest BCUT2D eigenvalue weighted by Gasteiger charge is -2.34. The predicted molar refractivity (Wildman–Crippen MR) is 96.3 cm³/mol. The van der Waals surface area contributed by atoms with Crippen LogP contribution >= 0.6 is 12.4 Å². The predicted octanol–water partition coefficient (Wildman–Crippen LogP) is 3.02. The summed E-state index contributed by atoms with van der Waals surface area (Å²) in [6.07, 6.45) is -0.491. The molecule has 1 aliphatic rings. The fourth-order valence-electron chi connectivity index (χ4n) is 2.95. The van der Waals surface area contributed by atoms with Crippen LogP contribution in [0.25, 0.3) is 5.69 Å². The van der Waals surface area contributed by atoms with Crippen molar-refractivity contribution in [3.8, 4) is 5.69 Å². The largest absolute Gasteiger partial charge is 0.416 e. The van der Waals surface area contributed by atoms with Gasteiger partial charge in [0.15, 0.2) is 0 Å². The van der Waals surface area contributed by atoms with E-state index in [2.05, 4.69) is 15.7 Å². The molecule has 1 fully saturated rings. The van der Waals surface area contributed by atoms with Crippen molar-refractivity contribution in [1.29, 1.82) is 0 Å². The van der Waals surface area contributed by atoms with Crippen LogP contribution in [0.5, 0.6) is 0 Å². The molecule has 2 aromatic rings. The maximum absolute atomic E-state index is 12.8. The smallest absolute Gasteiger partial charge is 0.368 e. The Bertz CT molecular complexity index is 788. The molecule has 148 valence electrons. The number of aromatic nitrogens is 2. The number of methoxy groups -OCH3 is 1. The van der Waals surface area contributed by atoms with Gasteiger partial charge in [-0.15, -0.1) is 12.4 Å². The second-order valence-corrected chi connectivity index (χ2v) is 6.12. The average Bonchev–Trinajstić information content (AvgIpc) is 3.10. The number of carbonyl (C=O) groups excluding carboxylic acids is 1. The van der Waals surface area contributed by atoms with Crippen molar-refractivity contribution in [3.63, 3.8) is 0 Å². The highest BCUT2D eigenvalue weighted by Gasteiger charge is 2.39. The van der Waals surface area contributed by atoms with Crippen molar-refractivity contribution in [1.82, 2.24) is 15.1 Å². The van der Waals surface area contributed by atoms with E-state index in [1.807, 2.05) is 0 Å². The molecule has 2 N–H and O–H groups in total. The van der Waals surface area contributed by atoms with Crippen molar-refractivity contribution >= 4 is 24.0 Å². The lowest BCUT2D eigenvalue weighted by atomic mass is 9.91. The Balaban J connectivity index is 0.00000261. The molecule has 0 unspecified atom stereocenters. The number of alkyl halides is 3. The minimum absolute atomic E-state index is 0. The molecule has 2 heterocycles. The number of piperidine rings is 1. The van der Waals surface area contributed by atoms with Crippen LogP contribution < -0.4 is 10.6 Å². The molecule has 3 rings (SSSR count). The third kappa shape index (κ3) is 4.60. The average molecular weight is 405 g/mol.